The van der Waals surface area contributed by atoms with E-state index in [1.165, 1.54) is 0 Å². The summed E-state index contributed by atoms with van der Waals surface area (Å²) < 4.78 is 5.31. The molecule has 0 amide bonds. The number of nitrogens with one attached hydrogen (secondary N) is 1. The van der Waals surface area contributed by atoms with Gasteiger partial charge in [-0.05, 0) is 33.2 Å². The van der Waals surface area contributed by atoms with Crippen LogP contribution in [0.1, 0.15) is 27.7 Å². The molecule has 3 nitrogen and oxygen atoms in total. The van der Waals surface area contributed by atoms with Crippen LogP contribution < -0.4 is 5.32 Å². The van der Waals surface area contributed by atoms with Gasteiger partial charge >= 0.3 is 5.97 Å². The van der Waals surface area contributed by atoms with Crippen molar-refractivity contribution in [3.05, 3.63) is 0 Å². The quantitative estimate of drug-likeness (QED) is 0.623. The molecule has 3 heteroatoms. The highest BCUT2D eigenvalue weighted by molar-refractivity contribution is 5.73. The monoisotopic (exact) mass is 185 g/mol. The van der Waals surface area contributed by atoms with Gasteiger partial charge < -0.3 is 10.1 Å². The summed E-state index contributed by atoms with van der Waals surface area (Å²) in [6.45, 7) is 9.46. The van der Waals surface area contributed by atoms with E-state index in [1.54, 1.807) is 0 Å². The molecule has 1 aliphatic heterocycles. The van der Waals surface area contributed by atoms with Crippen LogP contribution in [0.25, 0.3) is 0 Å². The maximum atomic E-state index is 11.6. The van der Waals surface area contributed by atoms with Gasteiger partial charge in [0.1, 0.15) is 5.60 Å². The fourth-order valence-electron chi connectivity index (χ4n) is 1.50. The smallest absolute Gasteiger partial charge is 0.311 e. The molecule has 0 aliphatic carbocycles. The van der Waals surface area contributed by atoms with E-state index in [1.807, 2.05) is 20.8 Å². The third-order valence-electron chi connectivity index (χ3n) is 2.23. The van der Waals surface area contributed by atoms with E-state index in [4.69, 9.17) is 4.74 Å². The Morgan fingerprint density at radius 2 is 2.00 bits per heavy atom. The van der Waals surface area contributed by atoms with Crippen molar-refractivity contribution in [1.82, 2.24) is 5.32 Å². The Morgan fingerprint density at radius 3 is 2.38 bits per heavy atom. The molecule has 1 N–H and O–H groups in total. The van der Waals surface area contributed by atoms with Crippen molar-refractivity contribution in [2.75, 3.05) is 13.1 Å². The predicted octanol–water partition coefficient (Wildman–Crippen LogP) is 1.18. The van der Waals surface area contributed by atoms with Crippen LogP contribution >= 0.6 is 0 Å². The highest BCUT2D eigenvalue weighted by atomic mass is 16.6. The minimum atomic E-state index is -0.362. The van der Waals surface area contributed by atoms with Crippen molar-refractivity contribution in [3.8, 4) is 0 Å². The van der Waals surface area contributed by atoms with Crippen LogP contribution in [-0.4, -0.2) is 24.7 Å². The topological polar surface area (TPSA) is 38.3 Å². The Kier molecular flexibility index (Phi) is 2.96. The van der Waals surface area contributed by atoms with Crippen molar-refractivity contribution >= 4 is 5.97 Å². The van der Waals surface area contributed by atoms with Gasteiger partial charge in [0.15, 0.2) is 0 Å². The van der Waals surface area contributed by atoms with E-state index in [9.17, 15) is 4.79 Å². The lowest BCUT2D eigenvalue weighted by Gasteiger charge is -2.23. The Morgan fingerprint density at radius 1 is 1.38 bits per heavy atom. The lowest BCUT2D eigenvalue weighted by molar-refractivity contribution is -0.160. The van der Waals surface area contributed by atoms with Crippen LogP contribution in [0.15, 0.2) is 0 Å². The number of esters is 1. The molecule has 0 aromatic heterocycles. The molecule has 0 unspecified atom stereocenters. The Bertz CT molecular complexity index is 196. The van der Waals surface area contributed by atoms with Crippen LogP contribution in [0.4, 0.5) is 0 Å². The average molecular weight is 185 g/mol. The van der Waals surface area contributed by atoms with Gasteiger partial charge in [0.2, 0.25) is 0 Å². The Labute approximate surface area is 79.8 Å². The number of hydrogen-bond donors (Lipinski definition) is 1. The molecular weight excluding hydrogens is 166 g/mol. The van der Waals surface area contributed by atoms with Gasteiger partial charge in [-0.2, -0.15) is 0 Å². The van der Waals surface area contributed by atoms with Crippen LogP contribution in [-0.2, 0) is 9.53 Å². The predicted molar refractivity (Wildman–Crippen MR) is 51.4 cm³/mol. The Balaban J connectivity index is 2.48. The maximum Gasteiger partial charge on any atom is 0.311 e. The molecule has 1 saturated heterocycles. The highest BCUT2D eigenvalue weighted by Gasteiger charge is 2.32. The molecule has 1 heterocycles. The summed E-state index contributed by atoms with van der Waals surface area (Å²) >= 11 is 0. The zero-order chi connectivity index (χ0) is 10.1. The maximum absolute atomic E-state index is 11.6. The SMILES string of the molecule is C[C@H]1CNC[C@H]1C(=O)OC(C)(C)C. The van der Waals surface area contributed by atoms with Crippen molar-refractivity contribution < 1.29 is 9.53 Å². The average Bonchev–Trinajstić information content (AvgIpc) is 2.30. The summed E-state index contributed by atoms with van der Waals surface area (Å²) in [5, 5.41) is 3.19. The van der Waals surface area contributed by atoms with Crippen molar-refractivity contribution in [1.29, 1.82) is 0 Å². The summed E-state index contributed by atoms with van der Waals surface area (Å²) in [5.74, 6) is 0.374. The van der Waals surface area contributed by atoms with Gasteiger partial charge in [0.25, 0.3) is 0 Å². The minimum absolute atomic E-state index is 0.0409. The molecule has 1 aliphatic rings. The molecule has 0 aromatic rings. The molecule has 1 fully saturated rings. The van der Waals surface area contributed by atoms with Crippen LogP contribution in [0, 0.1) is 11.8 Å². The van der Waals surface area contributed by atoms with Gasteiger partial charge in [-0.3, -0.25) is 4.79 Å². The second kappa shape index (κ2) is 3.66. The first kappa shape index (κ1) is 10.5. The van der Waals surface area contributed by atoms with Crippen LogP contribution in [0.5, 0.6) is 0 Å². The number of rotatable bonds is 1. The molecule has 76 valence electrons. The zero-order valence-electron chi connectivity index (χ0n) is 8.89. The lowest BCUT2D eigenvalue weighted by atomic mass is 9.98. The van der Waals surface area contributed by atoms with Crippen LogP contribution in [0.2, 0.25) is 0 Å². The zero-order valence-corrected chi connectivity index (χ0v) is 8.89. The standard InChI is InChI=1S/C10H19NO2/c1-7-5-11-6-8(7)9(12)13-10(2,3)4/h7-8,11H,5-6H2,1-4H3/t7-,8+/m0/s1. The van der Waals surface area contributed by atoms with E-state index in [2.05, 4.69) is 12.2 Å². The van der Waals surface area contributed by atoms with Gasteiger partial charge in [-0.25, -0.2) is 0 Å². The van der Waals surface area contributed by atoms with E-state index < -0.39 is 0 Å². The summed E-state index contributed by atoms with van der Waals surface area (Å²) in [4.78, 5) is 11.6. The summed E-state index contributed by atoms with van der Waals surface area (Å²) in [5.41, 5.74) is -0.362. The highest BCUT2D eigenvalue weighted by Crippen LogP contribution is 2.20. The van der Waals surface area contributed by atoms with Gasteiger partial charge in [-0.15, -0.1) is 0 Å². The van der Waals surface area contributed by atoms with E-state index in [0.29, 0.717) is 5.92 Å². The largest absolute Gasteiger partial charge is 0.460 e. The van der Waals surface area contributed by atoms with Crippen LogP contribution in [0.3, 0.4) is 0 Å². The van der Waals surface area contributed by atoms with Crippen molar-refractivity contribution in [3.63, 3.8) is 0 Å². The molecule has 0 radical (unpaired) electrons. The normalized spacial score (nSPS) is 28.9. The molecule has 2 atom stereocenters. The first-order valence-electron chi connectivity index (χ1n) is 4.84. The van der Waals surface area contributed by atoms with E-state index >= 15 is 0 Å². The third-order valence-corrected chi connectivity index (χ3v) is 2.23. The fourth-order valence-corrected chi connectivity index (χ4v) is 1.50. The number of hydrogen-bond acceptors (Lipinski definition) is 3. The number of ether oxygens (including phenoxy) is 1. The Hall–Kier alpha value is -0.570. The molecular formula is C10H19NO2. The van der Waals surface area contributed by atoms with Crippen molar-refractivity contribution in [2.24, 2.45) is 11.8 Å². The van der Waals surface area contributed by atoms with Gasteiger partial charge in [0, 0.05) is 6.54 Å². The van der Waals surface area contributed by atoms with Gasteiger partial charge in [-0.1, -0.05) is 6.92 Å². The lowest BCUT2D eigenvalue weighted by Crippen LogP contribution is -2.31. The fraction of sp³-hybridized carbons (Fsp3) is 0.900. The second-order valence-corrected chi connectivity index (χ2v) is 4.78. The first-order chi connectivity index (χ1) is 5.90. The van der Waals surface area contributed by atoms with E-state index in [0.717, 1.165) is 13.1 Å². The number of carbonyl (C=O) groups excluding carboxylic acids is 1. The van der Waals surface area contributed by atoms with Gasteiger partial charge in [0.05, 0.1) is 5.92 Å². The minimum Gasteiger partial charge on any atom is -0.460 e. The molecule has 0 aromatic carbocycles. The second-order valence-electron chi connectivity index (χ2n) is 4.78. The van der Waals surface area contributed by atoms with E-state index in [-0.39, 0.29) is 17.5 Å². The summed E-state index contributed by atoms with van der Waals surface area (Å²) in [6.07, 6.45) is 0. The summed E-state index contributed by atoms with van der Waals surface area (Å²) in [7, 11) is 0. The molecule has 1 rings (SSSR count). The summed E-state index contributed by atoms with van der Waals surface area (Å²) in [6, 6.07) is 0. The number of carbonyl (C=O) groups is 1. The molecule has 0 bridgehead atoms. The molecule has 0 saturated carbocycles. The van der Waals surface area contributed by atoms with Crippen molar-refractivity contribution in [2.45, 2.75) is 33.3 Å². The molecule has 0 spiro atoms. The first-order valence-corrected chi connectivity index (χ1v) is 4.84. The molecule has 13 heavy (non-hydrogen) atoms. The third kappa shape index (κ3) is 2.99.